The highest BCUT2D eigenvalue weighted by atomic mass is 16.7. The molecule has 9 nitrogen and oxygen atoms in total. The Kier molecular flexibility index (Phi) is 5.63. The fourth-order valence-corrected chi connectivity index (χ4v) is 4.54. The van der Waals surface area contributed by atoms with Crippen molar-refractivity contribution >= 4 is 17.8 Å². The van der Waals surface area contributed by atoms with E-state index in [2.05, 4.69) is 27.7 Å². The van der Waals surface area contributed by atoms with Crippen molar-refractivity contribution in [3.8, 4) is 11.5 Å². The van der Waals surface area contributed by atoms with Crippen LogP contribution >= 0.6 is 0 Å². The van der Waals surface area contributed by atoms with Crippen LogP contribution in [0, 0.1) is 0 Å². The Balaban J connectivity index is 1.14. The lowest BCUT2D eigenvalue weighted by molar-refractivity contribution is -0.136. The van der Waals surface area contributed by atoms with Crippen LogP contribution in [0.5, 0.6) is 11.5 Å². The van der Waals surface area contributed by atoms with Gasteiger partial charge in [0.25, 0.3) is 5.91 Å². The van der Waals surface area contributed by atoms with Gasteiger partial charge in [0, 0.05) is 26.2 Å². The molecule has 33 heavy (non-hydrogen) atoms. The van der Waals surface area contributed by atoms with Gasteiger partial charge < -0.3 is 20.1 Å². The fraction of sp³-hybridized carbons (Fsp3) is 0.375. The number of nitrogens with zero attached hydrogens (tertiary/aromatic N) is 2. The van der Waals surface area contributed by atoms with Gasteiger partial charge in [0.15, 0.2) is 11.5 Å². The second-order valence-electron chi connectivity index (χ2n) is 8.63. The smallest absolute Gasteiger partial charge is 0.325 e. The molecule has 2 aromatic carbocycles. The van der Waals surface area contributed by atoms with Crippen LogP contribution in [0.25, 0.3) is 0 Å². The molecule has 4 amide bonds. The lowest BCUT2D eigenvalue weighted by Gasteiger charge is -2.37. The molecule has 1 spiro atoms. The topological polar surface area (TPSA) is 100 Å². The summed E-state index contributed by atoms with van der Waals surface area (Å²) < 4.78 is 10.6. The summed E-state index contributed by atoms with van der Waals surface area (Å²) in [5, 5.41) is 5.63. The van der Waals surface area contributed by atoms with Gasteiger partial charge in [-0.3, -0.25) is 19.4 Å². The van der Waals surface area contributed by atoms with Gasteiger partial charge in [0.2, 0.25) is 12.7 Å². The van der Waals surface area contributed by atoms with Crippen LogP contribution in [-0.4, -0.2) is 59.6 Å². The van der Waals surface area contributed by atoms with Gasteiger partial charge in [-0.2, -0.15) is 0 Å². The van der Waals surface area contributed by atoms with E-state index >= 15 is 0 Å². The summed E-state index contributed by atoms with van der Waals surface area (Å²) in [6, 6.07) is 15.1. The van der Waals surface area contributed by atoms with Gasteiger partial charge in [-0.15, -0.1) is 0 Å². The van der Waals surface area contributed by atoms with Gasteiger partial charge in [0.05, 0.1) is 0 Å². The number of likely N-dealkylation sites (tertiary alicyclic amines) is 1. The van der Waals surface area contributed by atoms with E-state index in [-0.39, 0.29) is 25.8 Å². The number of carbonyl (C=O) groups excluding carboxylic acids is 3. The first-order valence-electron chi connectivity index (χ1n) is 11.1. The number of ether oxygens (including phenoxy) is 2. The second-order valence-corrected chi connectivity index (χ2v) is 8.63. The van der Waals surface area contributed by atoms with E-state index in [0.717, 1.165) is 17.0 Å². The van der Waals surface area contributed by atoms with E-state index in [4.69, 9.17) is 9.47 Å². The Hall–Kier alpha value is -3.59. The number of nitrogens with one attached hydrogen (secondary N) is 2. The molecule has 172 valence electrons. The van der Waals surface area contributed by atoms with Gasteiger partial charge in [-0.1, -0.05) is 36.4 Å². The quantitative estimate of drug-likeness (QED) is 0.649. The number of carbonyl (C=O) groups is 3. The van der Waals surface area contributed by atoms with Crippen LogP contribution in [-0.2, 0) is 22.7 Å². The van der Waals surface area contributed by atoms with Crippen LogP contribution in [0.3, 0.4) is 0 Å². The SMILES string of the molecule is O=C(CN1C(=O)NC2(CCN(Cc3ccccc3)CC2)C1=O)NCc1ccc2c(c1)OCO2. The average Bonchev–Trinajstić information content (AvgIpc) is 3.38. The van der Waals surface area contributed by atoms with E-state index < -0.39 is 17.5 Å². The minimum atomic E-state index is -0.915. The van der Waals surface area contributed by atoms with Crippen molar-refractivity contribution in [2.45, 2.75) is 31.5 Å². The Morgan fingerprint density at radius 1 is 1.00 bits per heavy atom. The third-order valence-corrected chi connectivity index (χ3v) is 6.43. The predicted octanol–water partition coefficient (Wildman–Crippen LogP) is 1.62. The molecule has 0 aliphatic carbocycles. The molecular formula is C24H26N4O5. The molecule has 2 saturated heterocycles. The number of amides is 4. The highest BCUT2D eigenvalue weighted by Gasteiger charge is 2.52. The fourth-order valence-electron chi connectivity index (χ4n) is 4.54. The van der Waals surface area contributed by atoms with Gasteiger partial charge in [-0.25, -0.2) is 4.79 Å². The van der Waals surface area contributed by atoms with Crippen LogP contribution in [0.2, 0.25) is 0 Å². The van der Waals surface area contributed by atoms with Crippen molar-refractivity contribution in [1.29, 1.82) is 0 Å². The molecule has 0 aromatic heterocycles. The largest absolute Gasteiger partial charge is 0.454 e. The summed E-state index contributed by atoms with van der Waals surface area (Å²) in [6.07, 6.45) is 1.06. The number of urea groups is 1. The van der Waals surface area contributed by atoms with E-state index in [0.29, 0.717) is 37.4 Å². The predicted molar refractivity (Wildman–Crippen MR) is 118 cm³/mol. The lowest BCUT2D eigenvalue weighted by atomic mass is 9.87. The Morgan fingerprint density at radius 3 is 2.55 bits per heavy atom. The first-order chi connectivity index (χ1) is 16.0. The number of benzene rings is 2. The van der Waals surface area contributed by atoms with Crippen molar-refractivity contribution in [1.82, 2.24) is 20.4 Å². The van der Waals surface area contributed by atoms with Gasteiger partial charge >= 0.3 is 6.03 Å². The standard InChI is InChI=1S/C24H26N4O5/c29-21(25-13-18-6-7-19-20(12-18)33-16-32-19)15-28-22(30)24(26-23(28)31)8-10-27(11-9-24)14-17-4-2-1-3-5-17/h1-7,12H,8-11,13-16H2,(H,25,29)(H,26,31). The summed E-state index contributed by atoms with van der Waals surface area (Å²) in [7, 11) is 0. The Morgan fingerprint density at radius 2 is 1.76 bits per heavy atom. The van der Waals surface area contributed by atoms with Crippen molar-refractivity contribution in [2.75, 3.05) is 26.4 Å². The van der Waals surface area contributed by atoms with Gasteiger partial charge in [0.1, 0.15) is 12.1 Å². The minimum absolute atomic E-state index is 0.184. The molecule has 2 N–H and O–H groups in total. The zero-order chi connectivity index (χ0) is 22.8. The molecule has 3 aliphatic rings. The van der Waals surface area contributed by atoms with Crippen molar-refractivity contribution < 1.29 is 23.9 Å². The normalized spacial score (nSPS) is 19.1. The number of rotatable bonds is 6. The van der Waals surface area contributed by atoms with E-state index in [1.807, 2.05) is 24.3 Å². The van der Waals surface area contributed by atoms with Crippen LogP contribution < -0.4 is 20.1 Å². The molecule has 9 heteroatoms. The summed E-state index contributed by atoms with van der Waals surface area (Å²) in [5.41, 5.74) is 1.14. The highest BCUT2D eigenvalue weighted by Crippen LogP contribution is 2.32. The summed E-state index contributed by atoms with van der Waals surface area (Å²) in [6.45, 7) is 2.35. The minimum Gasteiger partial charge on any atom is -0.454 e. The Labute approximate surface area is 191 Å². The zero-order valence-electron chi connectivity index (χ0n) is 18.2. The number of fused-ring (bicyclic) bond motifs is 1. The maximum Gasteiger partial charge on any atom is 0.325 e. The molecule has 2 fully saturated rings. The second kappa shape index (κ2) is 8.74. The van der Waals surface area contributed by atoms with E-state index in [1.54, 1.807) is 12.1 Å². The van der Waals surface area contributed by atoms with Crippen molar-refractivity contribution in [3.05, 3.63) is 59.7 Å². The first kappa shape index (κ1) is 21.3. The monoisotopic (exact) mass is 450 g/mol. The first-order valence-corrected chi connectivity index (χ1v) is 11.1. The number of imide groups is 1. The van der Waals surface area contributed by atoms with E-state index in [9.17, 15) is 14.4 Å². The molecule has 0 bridgehead atoms. The lowest BCUT2D eigenvalue weighted by Crippen LogP contribution is -2.54. The molecule has 0 saturated carbocycles. The third kappa shape index (κ3) is 4.36. The maximum atomic E-state index is 13.1. The zero-order valence-corrected chi connectivity index (χ0v) is 18.2. The summed E-state index contributed by atoms with van der Waals surface area (Å²) >= 11 is 0. The van der Waals surface area contributed by atoms with E-state index in [1.165, 1.54) is 5.56 Å². The third-order valence-electron chi connectivity index (χ3n) is 6.43. The van der Waals surface area contributed by atoms with Crippen molar-refractivity contribution in [2.24, 2.45) is 0 Å². The number of hydrogen-bond acceptors (Lipinski definition) is 6. The molecule has 5 rings (SSSR count). The molecule has 3 aliphatic heterocycles. The number of piperidine rings is 1. The van der Waals surface area contributed by atoms with Crippen LogP contribution in [0.15, 0.2) is 48.5 Å². The number of hydrogen-bond donors (Lipinski definition) is 2. The van der Waals surface area contributed by atoms with Crippen molar-refractivity contribution in [3.63, 3.8) is 0 Å². The summed E-state index contributed by atoms with van der Waals surface area (Å²) in [5.74, 6) is 0.598. The Bertz CT molecular complexity index is 1070. The molecule has 2 aromatic rings. The average molecular weight is 450 g/mol. The molecule has 3 heterocycles. The highest BCUT2D eigenvalue weighted by molar-refractivity contribution is 6.09. The summed E-state index contributed by atoms with van der Waals surface area (Å²) in [4.78, 5) is 41.4. The molecule has 0 radical (unpaired) electrons. The molecule has 0 unspecified atom stereocenters. The van der Waals surface area contributed by atoms with Crippen LogP contribution in [0.4, 0.5) is 4.79 Å². The maximum absolute atomic E-state index is 13.1. The molecular weight excluding hydrogens is 424 g/mol. The molecule has 0 atom stereocenters. The van der Waals surface area contributed by atoms with Crippen LogP contribution in [0.1, 0.15) is 24.0 Å². The van der Waals surface area contributed by atoms with Gasteiger partial charge in [-0.05, 0) is 36.1 Å².